The number of anilines is 1. The molecule has 94 valence electrons. The third-order valence-corrected chi connectivity index (χ3v) is 3.88. The summed E-state index contributed by atoms with van der Waals surface area (Å²) >= 11 is 0. The van der Waals surface area contributed by atoms with Crippen LogP contribution >= 0.6 is 0 Å². The topological polar surface area (TPSA) is 38.0 Å². The van der Waals surface area contributed by atoms with Gasteiger partial charge in [-0.3, -0.25) is 0 Å². The van der Waals surface area contributed by atoms with Gasteiger partial charge in [-0.2, -0.15) is 0 Å². The maximum Gasteiger partial charge on any atom is 0.0470 e. The van der Waals surface area contributed by atoms with Crippen molar-refractivity contribution in [3.05, 3.63) is 29.8 Å². The summed E-state index contributed by atoms with van der Waals surface area (Å²) in [5, 5.41) is 3.62. The minimum Gasteiger partial charge on any atom is -0.379 e. The lowest BCUT2D eigenvalue weighted by Gasteiger charge is -2.37. The van der Waals surface area contributed by atoms with Crippen molar-refractivity contribution < 1.29 is 0 Å². The molecule has 3 N–H and O–H groups in total. The number of hydrogen-bond donors (Lipinski definition) is 2. The minimum absolute atomic E-state index is 0.0406. The average Bonchev–Trinajstić information content (AvgIpc) is 2.24. The Morgan fingerprint density at radius 1 is 1.41 bits per heavy atom. The van der Waals surface area contributed by atoms with E-state index in [0.717, 1.165) is 5.92 Å². The van der Waals surface area contributed by atoms with Gasteiger partial charge in [0.05, 0.1) is 0 Å². The second-order valence-corrected chi connectivity index (χ2v) is 5.76. The molecule has 0 radical (unpaired) electrons. The van der Waals surface area contributed by atoms with E-state index >= 15 is 0 Å². The molecule has 1 aromatic rings. The lowest BCUT2D eigenvalue weighted by molar-refractivity contribution is 0.248. The number of benzene rings is 1. The molecule has 2 rings (SSSR count). The van der Waals surface area contributed by atoms with Gasteiger partial charge in [-0.05, 0) is 43.9 Å². The van der Waals surface area contributed by atoms with Gasteiger partial charge in [0, 0.05) is 17.8 Å². The van der Waals surface area contributed by atoms with Gasteiger partial charge in [-0.25, -0.2) is 0 Å². The van der Waals surface area contributed by atoms with E-state index in [1.807, 2.05) is 0 Å². The van der Waals surface area contributed by atoms with Gasteiger partial charge in [0.25, 0.3) is 0 Å². The fraction of sp³-hybridized carbons (Fsp3) is 0.600. The zero-order chi connectivity index (χ0) is 12.3. The molecule has 1 aliphatic rings. The Balaban J connectivity index is 2.02. The predicted molar refractivity (Wildman–Crippen MR) is 74.2 cm³/mol. The molecule has 0 bridgehead atoms. The molecule has 1 fully saturated rings. The summed E-state index contributed by atoms with van der Waals surface area (Å²) in [6, 6.07) is 8.53. The predicted octanol–water partition coefficient (Wildman–Crippen LogP) is 3.31. The van der Waals surface area contributed by atoms with E-state index in [4.69, 9.17) is 5.73 Å². The summed E-state index contributed by atoms with van der Waals surface area (Å²) in [4.78, 5) is 0. The van der Waals surface area contributed by atoms with Crippen LogP contribution in [0.4, 0.5) is 5.69 Å². The molecule has 2 nitrogen and oxygen atoms in total. The number of aryl methyl sites for hydroxylation is 1. The summed E-state index contributed by atoms with van der Waals surface area (Å²) in [5.41, 5.74) is 8.48. The molecular formula is C15H24N2. The Bertz CT molecular complexity index is 371. The first-order valence-corrected chi connectivity index (χ1v) is 6.66. The third-order valence-electron chi connectivity index (χ3n) is 3.88. The summed E-state index contributed by atoms with van der Waals surface area (Å²) in [5.74, 6) is 0.876. The highest BCUT2D eigenvalue weighted by Gasteiger charge is 2.29. The summed E-state index contributed by atoms with van der Waals surface area (Å²) in [6.45, 7) is 5.06. The Hall–Kier alpha value is -1.02. The van der Waals surface area contributed by atoms with Crippen molar-refractivity contribution in [2.75, 3.05) is 11.9 Å². The van der Waals surface area contributed by atoms with E-state index in [-0.39, 0.29) is 5.54 Å². The van der Waals surface area contributed by atoms with Crippen LogP contribution < -0.4 is 11.1 Å². The fourth-order valence-electron chi connectivity index (χ4n) is 2.59. The third kappa shape index (κ3) is 3.22. The summed E-state index contributed by atoms with van der Waals surface area (Å²) < 4.78 is 0. The molecule has 0 aromatic heterocycles. The van der Waals surface area contributed by atoms with Crippen molar-refractivity contribution in [3.8, 4) is 0 Å². The van der Waals surface area contributed by atoms with Gasteiger partial charge in [0.2, 0.25) is 0 Å². The first-order valence-electron chi connectivity index (χ1n) is 6.66. The fourth-order valence-corrected chi connectivity index (χ4v) is 2.59. The smallest absolute Gasteiger partial charge is 0.0470 e. The summed E-state index contributed by atoms with van der Waals surface area (Å²) in [7, 11) is 0. The van der Waals surface area contributed by atoms with E-state index in [0.29, 0.717) is 6.54 Å². The first kappa shape index (κ1) is 12.4. The van der Waals surface area contributed by atoms with Crippen molar-refractivity contribution in [3.63, 3.8) is 0 Å². The highest BCUT2D eigenvalue weighted by molar-refractivity contribution is 5.47. The molecule has 0 aliphatic heterocycles. The zero-order valence-electron chi connectivity index (χ0n) is 11.0. The van der Waals surface area contributed by atoms with Crippen LogP contribution in [0.5, 0.6) is 0 Å². The summed E-state index contributed by atoms with van der Waals surface area (Å²) in [6.07, 6.45) is 5.35. The zero-order valence-corrected chi connectivity index (χ0v) is 11.0. The molecule has 0 saturated heterocycles. The molecular weight excluding hydrogens is 208 g/mol. The van der Waals surface area contributed by atoms with Crippen molar-refractivity contribution in [1.82, 2.24) is 0 Å². The lowest BCUT2D eigenvalue weighted by Crippen LogP contribution is -2.45. The SMILES string of the molecule is Cc1cccc(NC(C)(CN)CC2CCC2)c1. The van der Waals surface area contributed by atoms with E-state index < -0.39 is 0 Å². The Labute approximate surface area is 105 Å². The highest BCUT2D eigenvalue weighted by Crippen LogP contribution is 2.34. The molecule has 0 heterocycles. The van der Waals surface area contributed by atoms with Gasteiger partial charge in [-0.15, -0.1) is 0 Å². The molecule has 1 unspecified atom stereocenters. The molecule has 2 heteroatoms. The lowest BCUT2D eigenvalue weighted by atomic mass is 9.76. The molecule has 1 atom stereocenters. The van der Waals surface area contributed by atoms with Crippen molar-refractivity contribution in [2.45, 2.75) is 45.1 Å². The van der Waals surface area contributed by atoms with Crippen molar-refractivity contribution in [1.29, 1.82) is 0 Å². The normalized spacial score (nSPS) is 19.5. The van der Waals surface area contributed by atoms with Crippen LogP contribution in [0.3, 0.4) is 0 Å². The number of hydrogen-bond acceptors (Lipinski definition) is 2. The Morgan fingerprint density at radius 3 is 2.71 bits per heavy atom. The van der Waals surface area contributed by atoms with Crippen LogP contribution in [0.15, 0.2) is 24.3 Å². The molecule has 0 spiro atoms. The average molecular weight is 232 g/mol. The van der Waals surface area contributed by atoms with Gasteiger partial charge >= 0.3 is 0 Å². The van der Waals surface area contributed by atoms with Gasteiger partial charge in [-0.1, -0.05) is 31.4 Å². The van der Waals surface area contributed by atoms with E-state index in [1.165, 1.54) is 36.9 Å². The second kappa shape index (κ2) is 5.09. The molecule has 1 saturated carbocycles. The Kier molecular flexibility index (Phi) is 3.72. The molecule has 1 aromatic carbocycles. The van der Waals surface area contributed by atoms with Gasteiger partial charge < -0.3 is 11.1 Å². The maximum atomic E-state index is 5.96. The minimum atomic E-state index is 0.0406. The quantitative estimate of drug-likeness (QED) is 0.817. The Morgan fingerprint density at radius 2 is 2.18 bits per heavy atom. The largest absolute Gasteiger partial charge is 0.379 e. The van der Waals surface area contributed by atoms with Crippen LogP contribution in [0.1, 0.15) is 38.2 Å². The molecule has 0 amide bonds. The molecule has 1 aliphatic carbocycles. The van der Waals surface area contributed by atoms with Crippen LogP contribution in [-0.4, -0.2) is 12.1 Å². The number of nitrogens with one attached hydrogen (secondary N) is 1. The van der Waals surface area contributed by atoms with E-state index in [9.17, 15) is 0 Å². The maximum absolute atomic E-state index is 5.96. The van der Waals surface area contributed by atoms with E-state index in [2.05, 4.69) is 43.4 Å². The van der Waals surface area contributed by atoms with E-state index in [1.54, 1.807) is 0 Å². The van der Waals surface area contributed by atoms with Crippen LogP contribution in [0.2, 0.25) is 0 Å². The van der Waals surface area contributed by atoms with Crippen LogP contribution in [-0.2, 0) is 0 Å². The monoisotopic (exact) mass is 232 g/mol. The first-order chi connectivity index (χ1) is 8.11. The number of rotatable bonds is 5. The highest BCUT2D eigenvalue weighted by atomic mass is 15.0. The second-order valence-electron chi connectivity index (χ2n) is 5.76. The standard InChI is InChI=1S/C15H24N2/c1-12-5-3-8-14(9-12)17-15(2,11-16)10-13-6-4-7-13/h3,5,8-9,13,17H,4,6-7,10-11,16H2,1-2H3. The molecule has 17 heavy (non-hydrogen) atoms. The van der Waals surface area contributed by atoms with Crippen molar-refractivity contribution in [2.24, 2.45) is 11.7 Å². The van der Waals surface area contributed by atoms with Crippen LogP contribution in [0, 0.1) is 12.8 Å². The van der Waals surface area contributed by atoms with Crippen LogP contribution in [0.25, 0.3) is 0 Å². The van der Waals surface area contributed by atoms with Crippen molar-refractivity contribution >= 4 is 5.69 Å². The van der Waals surface area contributed by atoms with Gasteiger partial charge in [0.1, 0.15) is 0 Å². The van der Waals surface area contributed by atoms with Gasteiger partial charge in [0.15, 0.2) is 0 Å². The number of nitrogens with two attached hydrogens (primary N) is 1.